The van der Waals surface area contributed by atoms with Crippen molar-refractivity contribution in [3.63, 3.8) is 0 Å². The molecular formula is C13H22N4O. The third kappa shape index (κ3) is 5.03. The number of amides is 1. The number of anilines is 2. The maximum Gasteiger partial charge on any atom is 0.221 e. The summed E-state index contributed by atoms with van der Waals surface area (Å²) in [7, 11) is 0. The number of hydrogen-bond acceptors (Lipinski definition) is 4. The van der Waals surface area contributed by atoms with E-state index < -0.39 is 0 Å². The molecule has 100 valence electrons. The fraction of sp³-hybridized carbons (Fsp3) is 0.538. The Kier molecular flexibility index (Phi) is 5.42. The number of aryl methyl sites for hydroxylation is 1. The van der Waals surface area contributed by atoms with E-state index in [0.717, 1.165) is 5.56 Å². The van der Waals surface area contributed by atoms with Gasteiger partial charge in [0.05, 0.1) is 0 Å². The quantitative estimate of drug-likeness (QED) is 0.715. The molecule has 1 amide bonds. The molecule has 4 N–H and O–H groups in total. The van der Waals surface area contributed by atoms with E-state index in [0.29, 0.717) is 36.9 Å². The normalized spacial score (nSPS) is 10.4. The largest absolute Gasteiger partial charge is 0.398 e. The molecule has 18 heavy (non-hydrogen) atoms. The zero-order valence-electron chi connectivity index (χ0n) is 11.3. The van der Waals surface area contributed by atoms with E-state index in [1.54, 1.807) is 12.3 Å². The van der Waals surface area contributed by atoms with Crippen LogP contribution in [0.4, 0.5) is 11.5 Å². The molecule has 1 aromatic heterocycles. The number of pyridine rings is 1. The number of nitrogen functional groups attached to an aromatic ring is 1. The zero-order chi connectivity index (χ0) is 13.5. The first-order valence-corrected chi connectivity index (χ1v) is 6.21. The second-order valence-electron chi connectivity index (χ2n) is 4.80. The maximum atomic E-state index is 11.5. The van der Waals surface area contributed by atoms with Crippen molar-refractivity contribution in [3.05, 3.63) is 17.8 Å². The molecule has 0 fully saturated rings. The predicted molar refractivity (Wildman–Crippen MR) is 74.3 cm³/mol. The molecular weight excluding hydrogens is 228 g/mol. The highest BCUT2D eigenvalue weighted by molar-refractivity contribution is 5.76. The van der Waals surface area contributed by atoms with Crippen molar-refractivity contribution in [2.24, 2.45) is 5.92 Å². The molecule has 0 aromatic carbocycles. The molecule has 0 spiro atoms. The fourth-order valence-corrected chi connectivity index (χ4v) is 1.35. The number of aromatic nitrogens is 1. The minimum atomic E-state index is 0.0521. The molecule has 5 nitrogen and oxygen atoms in total. The summed E-state index contributed by atoms with van der Waals surface area (Å²) in [4.78, 5) is 15.6. The molecule has 0 unspecified atom stereocenters. The Morgan fingerprint density at radius 3 is 2.83 bits per heavy atom. The zero-order valence-corrected chi connectivity index (χ0v) is 11.3. The van der Waals surface area contributed by atoms with Gasteiger partial charge in [-0.1, -0.05) is 13.8 Å². The SMILES string of the molecule is Cc1cnc(NCCC(=O)NCC(C)C)cc1N. The Hall–Kier alpha value is -1.78. The van der Waals surface area contributed by atoms with Gasteiger partial charge in [-0.2, -0.15) is 0 Å². The van der Waals surface area contributed by atoms with Gasteiger partial charge in [0.15, 0.2) is 0 Å². The van der Waals surface area contributed by atoms with Gasteiger partial charge in [0.1, 0.15) is 5.82 Å². The van der Waals surface area contributed by atoms with Crippen LogP contribution in [0.25, 0.3) is 0 Å². The van der Waals surface area contributed by atoms with Gasteiger partial charge in [0.25, 0.3) is 0 Å². The van der Waals surface area contributed by atoms with Crippen LogP contribution in [0.1, 0.15) is 25.8 Å². The number of hydrogen-bond donors (Lipinski definition) is 3. The third-order valence-corrected chi connectivity index (χ3v) is 2.51. The first-order valence-electron chi connectivity index (χ1n) is 6.21. The van der Waals surface area contributed by atoms with E-state index in [2.05, 4.69) is 29.5 Å². The summed E-state index contributed by atoms with van der Waals surface area (Å²) in [6.45, 7) is 7.31. The molecule has 0 atom stereocenters. The van der Waals surface area contributed by atoms with Gasteiger partial charge in [-0.05, 0) is 18.4 Å². The summed E-state index contributed by atoms with van der Waals surface area (Å²) in [6, 6.07) is 1.78. The Bertz CT molecular complexity index is 404. The lowest BCUT2D eigenvalue weighted by atomic mass is 10.2. The van der Waals surface area contributed by atoms with E-state index in [-0.39, 0.29) is 5.91 Å². The highest BCUT2D eigenvalue weighted by Crippen LogP contribution is 2.13. The number of carbonyl (C=O) groups is 1. The van der Waals surface area contributed by atoms with Gasteiger partial charge in [0.2, 0.25) is 5.91 Å². The average Bonchev–Trinajstić information content (AvgIpc) is 2.31. The standard InChI is InChI=1S/C13H22N4O/c1-9(2)7-17-13(18)4-5-15-12-6-11(14)10(3)8-16-12/h6,8-9H,4-5,7H2,1-3H3,(H,17,18)(H3,14,15,16). The van der Waals surface area contributed by atoms with Gasteiger partial charge in [-0.25, -0.2) is 4.98 Å². The molecule has 1 aromatic rings. The third-order valence-electron chi connectivity index (χ3n) is 2.51. The molecule has 5 heteroatoms. The fourth-order valence-electron chi connectivity index (χ4n) is 1.35. The van der Waals surface area contributed by atoms with Crippen LogP contribution >= 0.6 is 0 Å². The van der Waals surface area contributed by atoms with Gasteiger partial charge < -0.3 is 16.4 Å². The second kappa shape index (κ2) is 6.83. The average molecular weight is 250 g/mol. The Morgan fingerprint density at radius 1 is 1.50 bits per heavy atom. The summed E-state index contributed by atoms with van der Waals surface area (Å²) in [5, 5.41) is 5.94. The van der Waals surface area contributed by atoms with Crippen LogP contribution in [-0.4, -0.2) is 24.0 Å². The minimum absolute atomic E-state index is 0.0521. The smallest absolute Gasteiger partial charge is 0.221 e. The lowest BCUT2D eigenvalue weighted by Gasteiger charge is -2.09. The number of rotatable bonds is 6. The highest BCUT2D eigenvalue weighted by atomic mass is 16.1. The van der Waals surface area contributed by atoms with Crippen LogP contribution in [0.15, 0.2) is 12.3 Å². The number of nitrogens with zero attached hydrogens (tertiary/aromatic N) is 1. The van der Waals surface area contributed by atoms with E-state index in [9.17, 15) is 4.79 Å². The molecule has 0 saturated heterocycles. The van der Waals surface area contributed by atoms with Crippen molar-refractivity contribution in [2.75, 3.05) is 24.1 Å². The summed E-state index contributed by atoms with van der Waals surface area (Å²) in [6.07, 6.45) is 2.15. The van der Waals surface area contributed by atoms with Crippen LogP contribution in [0.5, 0.6) is 0 Å². The van der Waals surface area contributed by atoms with Crippen molar-refractivity contribution >= 4 is 17.4 Å². The first-order chi connectivity index (χ1) is 8.49. The molecule has 0 aliphatic carbocycles. The number of nitrogens with two attached hydrogens (primary N) is 1. The van der Waals surface area contributed by atoms with Crippen LogP contribution < -0.4 is 16.4 Å². The van der Waals surface area contributed by atoms with Crippen molar-refractivity contribution in [3.8, 4) is 0 Å². The van der Waals surface area contributed by atoms with Crippen LogP contribution in [-0.2, 0) is 4.79 Å². The topological polar surface area (TPSA) is 80.0 Å². The van der Waals surface area contributed by atoms with Crippen molar-refractivity contribution in [2.45, 2.75) is 27.2 Å². The predicted octanol–water partition coefficient (Wildman–Crippen LogP) is 1.55. The molecule has 1 rings (SSSR count). The van der Waals surface area contributed by atoms with Crippen molar-refractivity contribution in [1.29, 1.82) is 0 Å². The van der Waals surface area contributed by atoms with Gasteiger partial charge in [-0.15, -0.1) is 0 Å². The van der Waals surface area contributed by atoms with Crippen molar-refractivity contribution < 1.29 is 4.79 Å². The second-order valence-corrected chi connectivity index (χ2v) is 4.80. The maximum absolute atomic E-state index is 11.5. The minimum Gasteiger partial charge on any atom is -0.398 e. The monoisotopic (exact) mass is 250 g/mol. The van der Waals surface area contributed by atoms with Gasteiger partial charge in [0, 0.05) is 37.5 Å². The highest BCUT2D eigenvalue weighted by Gasteiger charge is 2.03. The van der Waals surface area contributed by atoms with Crippen LogP contribution in [0.3, 0.4) is 0 Å². The summed E-state index contributed by atoms with van der Waals surface area (Å²) in [5.41, 5.74) is 7.43. The van der Waals surface area contributed by atoms with E-state index in [1.165, 1.54) is 0 Å². The van der Waals surface area contributed by atoms with Crippen LogP contribution in [0.2, 0.25) is 0 Å². The summed E-state index contributed by atoms with van der Waals surface area (Å²) >= 11 is 0. The molecule has 0 radical (unpaired) electrons. The van der Waals surface area contributed by atoms with Crippen molar-refractivity contribution in [1.82, 2.24) is 10.3 Å². The molecule has 0 saturated carbocycles. The van der Waals surface area contributed by atoms with Crippen LogP contribution in [0, 0.1) is 12.8 Å². The Labute approximate surface area is 108 Å². The summed E-state index contributed by atoms with van der Waals surface area (Å²) < 4.78 is 0. The Morgan fingerprint density at radius 2 is 2.22 bits per heavy atom. The molecule has 0 bridgehead atoms. The first kappa shape index (κ1) is 14.3. The number of carbonyl (C=O) groups excluding carboxylic acids is 1. The summed E-state index contributed by atoms with van der Waals surface area (Å²) in [5.74, 6) is 1.23. The van der Waals surface area contributed by atoms with E-state index in [4.69, 9.17) is 5.73 Å². The van der Waals surface area contributed by atoms with Gasteiger partial charge >= 0.3 is 0 Å². The molecule has 0 aliphatic rings. The lowest BCUT2D eigenvalue weighted by Crippen LogP contribution is -2.28. The van der Waals surface area contributed by atoms with E-state index in [1.807, 2.05) is 6.92 Å². The van der Waals surface area contributed by atoms with Gasteiger partial charge in [-0.3, -0.25) is 4.79 Å². The lowest BCUT2D eigenvalue weighted by molar-refractivity contribution is -0.120. The number of nitrogens with one attached hydrogen (secondary N) is 2. The Balaban J connectivity index is 2.28. The molecule has 1 heterocycles. The molecule has 0 aliphatic heterocycles. The van der Waals surface area contributed by atoms with E-state index >= 15 is 0 Å².